The molecule has 0 radical (unpaired) electrons. The summed E-state index contributed by atoms with van der Waals surface area (Å²) in [5, 5.41) is 0. The van der Waals surface area contributed by atoms with Gasteiger partial charge in [0.2, 0.25) is 5.91 Å². The van der Waals surface area contributed by atoms with Crippen molar-refractivity contribution in [3.05, 3.63) is 42.5 Å². The molecule has 5 heteroatoms. The molecule has 0 spiro atoms. The second-order valence-electron chi connectivity index (χ2n) is 8.26. The van der Waals surface area contributed by atoms with E-state index in [4.69, 9.17) is 9.47 Å². The first-order valence-corrected chi connectivity index (χ1v) is 11.1. The lowest BCUT2D eigenvalue weighted by Gasteiger charge is -2.36. The molecule has 1 aliphatic heterocycles. The fraction of sp³-hybridized carbons (Fsp3) is 0.625. The number of hydrogen-bond donors (Lipinski definition) is 0. The molecule has 1 saturated heterocycles. The maximum absolute atomic E-state index is 12.6. The number of ether oxygens (including phenoxy) is 2. The van der Waals surface area contributed by atoms with Gasteiger partial charge in [-0.1, -0.05) is 43.9 Å². The van der Waals surface area contributed by atoms with Crippen molar-refractivity contribution < 1.29 is 14.3 Å². The molecule has 1 aliphatic carbocycles. The summed E-state index contributed by atoms with van der Waals surface area (Å²) in [6.45, 7) is 8.52. The summed E-state index contributed by atoms with van der Waals surface area (Å²) in [7, 11) is 1.68. The van der Waals surface area contributed by atoms with Crippen LogP contribution in [0, 0.1) is 5.92 Å². The van der Waals surface area contributed by atoms with Gasteiger partial charge in [0.25, 0.3) is 0 Å². The van der Waals surface area contributed by atoms with Crippen LogP contribution < -0.4 is 4.74 Å². The van der Waals surface area contributed by atoms with Crippen LogP contribution >= 0.6 is 0 Å². The Morgan fingerprint density at radius 1 is 1.24 bits per heavy atom. The molecule has 1 aromatic carbocycles. The average Bonchev–Trinajstić information content (AvgIpc) is 3.29. The van der Waals surface area contributed by atoms with Gasteiger partial charge in [0.05, 0.1) is 19.8 Å². The van der Waals surface area contributed by atoms with Crippen LogP contribution in [0.25, 0.3) is 0 Å². The highest BCUT2D eigenvalue weighted by molar-refractivity contribution is 5.76. The van der Waals surface area contributed by atoms with Crippen molar-refractivity contribution >= 4 is 5.91 Å². The van der Waals surface area contributed by atoms with Crippen LogP contribution in [0.4, 0.5) is 0 Å². The first kappa shape index (κ1) is 21.8. The maximum Gasteiger partial charge on any atom is 0.222 e. The fourth-order valence-corrected chi connectivity index (χ4v) is 4.48. The van der Waals surface area contributed by atoms with Crippen LogP contribution in [-0.2, 0) is 9.53 Å². The largest absolute Gasteiger partial charge is 0.497 e. The number of nitrogens with zero attached hydrogens (tertiary/aromatic N) is 2. The van der Waals surface area contributed by atoms with Gasteiger partial charge in [-0.05, 0) is 30.0 Å². The Bertz CT molecular complexity index is 649. The summed E-state index contributed by atoms with van der Waals surface area (Å²) in [4.78, 5) is 17.0. The Hall–Kier alpha value is -1.85. The van der Waals surface area contributed by atoms with E-state index in [-0.39, 0.29) is 6.10 Å². The molecule has 2 fully saturated rings. The summed E-state index contributed by atoms with van der Waals surface area (Å²) >= 11 is 0. The van der Waals surface area contributed by atoms with E-state index >= 15 is 0 Å². The van der Waals surface area contributed by atoms with Gasteiger partial charge in [-0.15, -0.1) is 6.58 Å². The molecule has 0 N–H and O–H groups in total. The van der Waals surface area contributed by atoms with Crippen molar-refractivity contribution in [1.82, 2.24) is 9.80 Å². The van der Waals surface area contributed by atoms with Gasteiger partial charge in [0.1, 0.15) is 5.75 Å². The zero-order valence-corrected chi connectivity index (χ0v) is 17.9. The summed E-state index contributed by atoms with van der Waals surface area (Å²) in [5.41, 5.74) is 1.11. The highest BCUT2D eigenvalue weighted by Crippen LogP contribution is 2.29. The van der Waals surface area contributed by atoms with E-state index in [1.165, 1.54) is 25.7 Å². The molecule has 160 valence electrons. The lowest BCUT2D eigenvalue weighted by atomic mass is 10.0. The molecule has 29 heavy (non-hydrogen) atoms. The molecular weight excluding hydrogens is 364 g/mol. The van der Waals surface area contributed by atoms with E-state index < -0.39 is 0 Å². The minimum Gasteiger partial charge on any atom is -0.497 e. The number of carbonyl (C=O) groups is 1. The Morgan fingerprint density at radius 2 is 2.00 bits per heavy atom. The quantitative estimate of drug-likeness (QED) is 0.556. The van der Waals surface area contributed by atoms with E-state index in [1.807, 2.05) is 18.2 Å². The molecule has 1 aromatic rings. The number of rotatable bonds is 10. The van der Waals surface area contributed by atoms with Gasteiger partial charge in [-0.3, -0.25) is 9.69 Å². The minimum atomic E-state index is -0.0345. The van der Waals surface area contributed by atoms with Gasteiger partial charge < -0.3 is 14.4 Å². The predicted octanol–water partition coefficient (Wildman–Crippen LogP) is 4.05. The second-order valence-corrected chi connectivity index (χ2v) is 8.26. The van der Waals surface area contributed by atoms with Crippen molar-refractivity contribution in [3.63, 3.8) is 0 Å². The topological polar surface area (TPSA) is 42.0 Å². The van der Waals surface area contributed by atoms with Gasteiger partial charge in [0.15, 0.2) is 0 Å². The van der Waals surface area contributed by atoms with Crippen LogP contribution in [0.2, 0.25) is 0 Å². The predicted molar refractivity (Wildman–Crippen MR) is 116 cm³/mol. The smallest absolute Gasteiger partial charge is 0.222 e. The van der Waals surface area contributed by atoms with Crippen molar-refractivity contribution in [1.29, 1.82) is 0 Å². The van der Waals surface area contributed by atoms with Crippen molar-refractivity contribution in [2.24, 2.45) is 5.92 Å². The third-order valence-electron chi connectivity index (χ3n) is 6.27. The van der Waals surface area contributed by atoms with Crippen molar-refractivity contribution in [3.8, 4) is 5.75 Å². The molecule has 0 unspecified atom stereocenters. The van der Waals surface area contributed by atoms with Crippen LogP contribution in [0.1, 0.15) is 50.2 Å². The molecule has 3 rings (SSSR count). The van der Waals surface area contributed by atoms with E-state index in [0.29, 0.717) is 12.5 Å². The minimum absolute atomic E-state index is 0.0345. The molecule has 1 amide bonds. The van der Waals surface area contributed by atoms with Crippen molar-refractivity contribution in [2.75, 3.05) is 46.4 Å². The second kappa shape index (κ2) is 11.4. The van der Waals surface area contributed by atoms with E-state index in [0.717, 1.165) is 62.8 Å². The van der Waals surface area contributed by atoms with Gasteiger partial charge in [0, 0.05) is 39.1 Å². The first-order chi connectivity index (χ1) is 14.2. The Balaban J connectivity index is 1.48. The monoisotopic (exact) mass is 400 g/mol. The molecule has 0 bridgehead atoms. The van der Waals surface area contributed by atoms with Crippen LogP contribution in [-0.4, -0.2) is 62.1 Å². The maximum atomic E-state index is 12.6. The van der Waals surface area contributed by atoms with E-state index in [1.54, 1.807) is 13.2 Å². The van der Waals surface area contributed by atoms with Gasteiger partial charge >= 0.3 is 0 Å². The number of carbonyl (C=O) groups excluding carboxylic acids is 1. The molecule has 5 nitrogen and oxygen atoms in total. The standard InChI is InChI=1S/C24H36N2O3/c1-3-17-29-23(21-9-6-10-22(18-21)28-2)19-25-13-15-26(16-14-25)24(27)12-11-20-7-4-5-8-20/h3,6,9-10,18,20,23H,1,4-5,7-8,11-17,19H2,2H3/t23-/m1/s1. The van der Waals surface area contributed by atoms with Crippen LogP contribution in [0.5, 0.6) is 5.75 Å². The lowest BCUT2D eigenvalue weighted by Crippen LogP contribution is -2.49. The Morgan fingerprint density at radius 3 is 2.69 bits per heavy atom. The molecule has 1 saturated carbocycles. The first-order valence-electron chi connectivity index (χ1n) is 11.1. The third kappa shape index (κ3) is 6.58. The number of piperazine rings is 1. The third-order valence-corrected chi connectivity index (χ3v) is 6.27. The molecular formula is C24H36N2O3. The number of hydrogen-bond acceptors (Lipinski definition) is 4. The number of amides is 1. The molecule has 2 aliphatic rings. The highest BCUT2D eigenvalue weighted by Gasteiger charge is 2.25. The summed E-state index contributed by atoms with van der Waals surface area (Å²) in [6.07, 6.45) is 8.88. The lowest BCUT2D eigenvalue weighted by molar-refractivity contribution is -0.133. The summed E-state index contributed by atoms with van der Waals surface area (Å²) in [6, 6.07) is 8.07. The average molecular weight is 401 g/mol. The van der Waals surface area contributed by atoms with E-state index in [2.05, 4.69) is 22.4 Å². The van der Waals surface area contributed by atoms with Crippen molar-refractivity contribution in [2.45, 2.75) is 44.6 Å². The SMILES string of the molecule is C=CCO[C@H](CN1CCN(C(=O)CCC2CCCC2)CC1)c1cccc(OC)c1. The Kier molecular flexibility index (Phi) is 8.56. The zero-order valence-electron chi connectivity index (χ0n) is 17.9. The summed E-state index contributed by atoms with van der Waals surface area (Å²) in [5.74, 6) is 1.96. The van der Waals surface area contributed by atoms with E-state index in [9.17, 15) is 4.79 Å². The number of methoxy groups -OCH3 is 1. The normalized spacial score (nSPS) is 19.3. The van der Waals surface area contributed by atoms with Crippen LogP contribution in [0.3, 0.4) is 0 Å². The highest BCUT2D eigenvalue weighted by atomic mass is 16.5. The van der Waals surface area contributed by atoms with Gasteiger partial charge in [-0.2, -0.15) is 0 Å². The fourth-order valence-electron chi connectivity index (χ4n) is 4.48. The molecule has 1 atom stereocenters. The van der Waals surface area contributed by atoms with Gasteiger partial charge in [-0.25, -0.2) is 0 Å². The van der Waals surface area contributed by atoms with Crippen LogP contribution in [0.15, 0.2) is 36.9 Å². The number of benzene rings is 1. The zero-order chi connectivity index (χ0) is 20.5. The molecule has 1 heterocycles. The summed E-state index contributed by atoms with van der Waals surface area (Å²) < 4.78 is 11.4. The Labute approximate surface area is 175 Å². The molecule has 0 aromatic heterocycles.